The van der Waals surface area contributed by atoms with E-state index in [0.29, 0.717) is 17.6 Å². The van der Waals surface area contributed by atoms with E-state index in [1.165, 1.54) is 18.2 Å². The van der Waals surface area contributed by atoms with Crippen LogP contribution in [0.25, 0.3) is 5.57 Å². The van der Waals surface area contributed by atoms with E-state index in [2.05, 4.69) is 10.3 Å². The van der Waals surface area contributed by atoms with E-state index in [-0.39, 0.29) is 24.7 Å². The molecule has 1 heterocycles. The fraction of sp³-hybridized carbons (Fsp3) is 0.238. The molecule has 32 heavy (non-hydrogen) atoms. The number of primary amides is 1. The maximum Gasteiger partial charge on any atom is 0.416 e. The highest BCUT2D eigenvalue weighted by Crippen LogP contribution is 2.32. The molecule has 1 unspecified atom stereocenters. The fourth-order valence-corrected chi connectivity index (χ4v) is 3.09. The van der Waals surface area contributed by atoms with Crippen LogP contribution in [0, 0.1) is 4.91 Å². The normalized spacial score (nSPS) is 14.9. The number of nitrogens with zero attached hydrogens (tertiary/aromatic N) is 3. The molecule has 168 valence electrons. The van der Waals surface area contributed by atoms with Gasteiger partial charge in [0.2, 0.25) is 18.0 Å². The molecule has 11 heteroatoms. The largest absolute Gasteiger partial charge is 0.473 e. The van der Waals surface area contributed by atoms with E-state index in [1.54, 1.807) is 18.2 Å². The van der Waals surface area contributed by atoms with Crippen molar-refractivity contribution in [3.05, 3.63) is 81.9 Å². The van der Waals surface area contributed by atoms with Crippen LogP contribution in [0.5, 0.6) is 5.88 Å². The highest BCUT2D eigenvalue weighted by Gasteiger charge is 2.30. The molecule has 0 saturated carbocycles. The molecule has 1 amide bonds. The molecule has 1 aliphatic rings. The minimum atomic E-state index is -4.43. The number of hydrogen-bond acceptors (Lipinski definition) is 6. The van der Waals surface area contributed by atoms with Crippen molar-refractivity contribution in [2.24, 2.45) is 10.9 Å². The van der Waals surface area contributed by atoms with Crippen LogP contribution < -0.4 is 10.5 Å². The summed E-state index contributed by atoms with van der Waals surface area (Å²) in [6.45, 7) is -0.383. The summed E-state index contributed by atoms with van der Waals surface area (Å²) in [4.78, 5) is 21.9. The third kappa shape index (κ3) is 5.49. The van der Waals surface area contributed by atoms with E-state index in [9.17, 15) is 28.0 Å². The SMILES string of the molecule is NC(=O)Cn1nc(C(O)N=O)cc1OCC1=C(c2ccc(C(F)(F)F)cc2)CC=CC=C1. The first-order chi connectivity index (χ1) is 15.2. The maximum absolute atomic E-state index is 12.9. The lowest BCUT2D eigenvalue weighted by Crippen LogP contribution is -2.20. The van der Waals surface area contributed by atoms with Crippen LogP contribution in [0.3, 0.4) is 0 Å². The van der Waals surface area contributed by atoms with Crippen molar-refractivity contribution in [1.29, 1.82) is 0 Å². The van der Waals surface area contributed by atoms with Crippen LogP contribution in [0.2, 0.25) is 0 Å². The second-order valence-electron chi connectivity index (χ2n) is 6.87. The second kappa shape index (κ2) is 9.60. The number of ether oxygens (including phenoxy) is 1. The molecule has 1 atom stereocenters. The number of nitroso groups, excluding NO2 is 1. The second-order valence-corrected chi connectivity index (χ2v) is 6.87. The number of amides is 1. The Morgan fingerprint density at radius 2 is 2.00 bits per heavy atom. The van der Waals surface area contributed by atoms with Gasteiger partial charge in [0, 0.05) is 6.07 Å². The van der Waals surface area contributed by atoms with Gasteiger partial charge in [0.25, 0.3) is 0 Å². The maximum atomic E-state index is 12.9. The first kappa shape index (κ1) is 22.9. The first-order valence-electron chi connectivity index (χ1n) is 9.41. The Kier molecular flexibility index (Phi) is 6.89. The van der Waals surface area contributed by atoms with Crippen LogP contribution in [0.15, 0.2) is 65.4 Å². The number of benzene rings is 1. The van der Waals surface area contributed by atoms with Crippen molar-refractivity contribution < 1.29 is 27.8 Å². The topological polar surface area (TPSA) is 120 Å². The molecule has 0 spiro atoms. The molecule has 1 aliphatic carbocycles. The van der Waals surface area contributed by atoms with E-state index in [4.69, 9.17) is 10.5 Å². The fourth-order valence-electron chi connectivity index (χ4n) is 3.09. The summed E-state index contributed by atoms with van der Waals surface area (Å²) in [5.41, 5.74) is 6.36. The van der Waals surface area contributed by atoms with E-state index >= 15 is 0 Å². The van der Waals surface area contributed by atoms with Crippen molar-refractivity contribution >= 4 is 11.5 Å². The number of rotatable bonds is 8. The summed E-state index contributed by atoms with van der Waals surface area (Å²) >= 11 is 0. The van der Waals surface area contributed by atoms with Crippen molar-refractivity contribution in [2.75, 3.05) is 6.61 Å². The number of aliphatic hydroxyl groups excluding tert-OH is 1. The van der Waals surface area contributed by atoms with Crippen molar-refractivity contribution in [3.8, 4) is 5.88 Å². The highest BCUT2D eigenvalue weighted by atomic mass is 19.4. The summed E-state index contributed by atoms with van der Waals surface area (Å²) in [5.74, 6) is -0.660. The standard InChI is InChI=1S/C21H19F3N4O4/c22-21(23,24)15-8-6-13(7-9-15)16-5-3-1-2-4-14(16)12-32-19-10-17(20(30)27-31)26-28(19)11-18(25)29/h1-4,6-10,20,30H,5,11-12H2,(H2,25,29). The Labute approximate surface area is 180 Å². The lowest BCUT2D eigenvalue weighted by molar-refractivity contribution is -0.137. The minimum Gasteiger partial charge on any atom is -0.473 e. The zero-order valence-corrected chi connectivity index (χ0v) is 16.6. The molecule has 1 aromatic carbocycles. The van der Waals surface area contributed by atoms with Gasteiger partial charge in [0.1, 0.15) is 18.8 Å². The molecular weight excluding hydrogens is 429 g/mol. The Bertz CT molecular complexity index is 1090. The third-order valence-corrected chi connectivity index (χ3v) is 4.62. The Morgan fingerprint density at radius 1 is 1.28 bits per heavy atom. The number of carbonyl (C=O) groups is 1. The number of aliphatic hydroxyl groups is 1. The van der Waals surface area contributed by atoms with Crippen molar-refractivity contribution in [3.63, 3.8) is 0 Å². The summed E-state index contributed by atoms with van der Waals surface area (Å²) < 4.78 is 45.5. The monoisotopic (exact) mass is 448 g/mol. The van der Waals surface area contributed by atoms with Crippen LogP contribution in [0.1, 0.15) is 29.5 Å². The molecule has 8 nitrogen and oxygen atoms in total. The van der Waals surface area contributed by atoms with Gasteiger partial charge < -0.3 is 15.6 Å². The summed E-state index contributed by atoms with van der Waals surface area (Å²) in [6, 6.07) is 6.08. The van der Waals surface area contributed by atoms with Gasteiger partial charge in [-0.25, -0.2) is 4.68 Å². The molecule has 3 N–H and O–H groups in total. The molecule has 2 aromatic rings. The summed E-state index contributed by atoms with van der Waals surface area (Å²) in [7, 11) is 0. The van der Waals surface area contributed by atoms with E-state index in [1.807, 2.05) is 6.08 Å². The Morgan fingerprint density at radius 3 is 2.62 bits per heavy atom. The van der Waals surface area contributed by atoms with Crippen LogP contribution in [-0.4, -0.2) is 27.4 Å². The minimum absolute atomic E-state index is 0.0248. The van der Waals surface area contributed by atoms with Gasteiger partial charge in [-0.05, 0) is 40.4 Å². The predicted molar refractivity (Wildman–Crippen MR) is 109 cm³/mol. The van der Waals surface area contributed by atoms with Gasteiger partial charge in [0.15, 0.2) is 0 Å². The molecule has 0 radical (unpaired) electrons. The van der Waals surface area contributed by atoms with Gasteiger partial charge in [-0.2, -0.15) is 18.3 Å². The highest BCUT2D eigenvalue weighted by molar-refractivity contribution is 5.74. The molecule has 0 aliphatic heterocycles. The Balaban J connectivity index is 1.90. The van der Waals surface area contributed by atoms with Gasteiger partial charge in [-0.1, -0.05) is 36.4 Å². The number of hydrogen-bond donors (Lipinski definition) is 2. The quantitative estimate of drug-likeness (QED) is 0.599. The Hall–Kier alpha value is -3.73. The number of halogens is 3. The van der Waals surface area contributed by atoms with Gasteiger partial charge in [-0.3, -0.25) is 4.79 Å². The smallest absolute Gasteiger partial charge is 0.416 e. The molecule has 0 saturated heterocycles. The number of carbonyl (C=O) groups excluding carboxylic acids is 1. The predicted octanol–water partition coefficient (Wildman–Crippen LogP) is 3.49. The van der Waals surface area contributed by atoms with Crippen LogP contribution in [0.4, 0.5) is 13.2 Å². The van der Waals surface area contributed by atoms with Crippen molar-refractivity contribution in [1.82, 2.24) is 9.78 Å². The van der Waals surface area contributed by atoms with Gasteiger partial charge in [0.05, 0.1) is 5.56 Å². The molecule has 3 rings (SSSR count). The van der Waals surface area contributed by atoms with Gasteiger partial charge in [-0.15, -0.1) is 4.91 Å². The number of nitrogens with two attached hydrogens (primary N) is 1. The zero-order valence-electron chi connectivity index (χ0n) is 16.6. The van der Waals surface area contributed by atoms with E-state index < -0.39 is 23.9 Å². The molecule has 0 fully saturated rings. The average Bonchev–Trinajstić information content (AvgIpc) is 2.98. The number of aromatic nitrogens is 2. The first-order valence-corrected chi connectivity index (χ1v) is 9.41. The average molecular weight is 448 g/mol. The zero-order chi connectivity index (χ0) is 23.3. The van der Waals surface area contributed by atoms with Crippen LogP contribution in [-0.2, 0) is 17.5 Å². The molecule has 0 bridgehead atoms. The van der Waals surface area contributed by atoms with E-state index in [0.717, 1.165) is 22.4 Å². The van der Waals surface area contributed by atoms with Crippen molar-refractivity contribution in [2.45, 2.75) is 25.4 Å². The summed E-state index contributed by atoms with van der Waals surface area (Å²) in [6.07, 6.45) is 1.47. The lowest BCUT2D eigenvalue weighted by atomic mass is 9.96. The van der Waals surface area contributed by atoms with Crippen LogP contribution >= 0.6 is 0 Å². The number of alkyl halides is 3. The summed E-state index contributed by atoms with van der Waals surface area (Å²) in [5, 5.41) is 16.0. The van der Waals surface area contributed by atoms with Gasteiger partial charge >= 0.3 is 6.18 Å². The lowest BCUT2D eigenvalue weighted by Gasteiger charge is -2.14. The molecule has 1 aromatic heterocycles. The number of allylic oxidation sites excluding steroid dienone is 4. The third-order valence-electron chi connectivity index (χ3n) is 4.62. The molecular formula is C21H19F3N4O4.